The molecule has 1 rings (SSSR count). The van der Waals surface area contributed by atoms with Gasteiger partial charge >= 0.3 is 0 Å². The summed E-state index contributed by atoms with van der Waals surface area (Å²) in [7, 11) is -1.95. The van der Waals surface area contributed by atoms with Gasteiger partial charge < -0.3 is 4.55 Å². The highest BCUT2D eigenvalue weighted by atomic mass is 32.3. The molecular formula is C3H8N2O2S. The molecule has 4 nitrogen and oxygen atoms in total. The van der Waals surface area contributed by atoms with Crippen molar-refractivity contribution in [1.29, 1.82) is 0 Å². The van der Waals surface area contributed by atoms with Crippen molar-refractivity contribution >= 4 is 16.6 Å². The molecule has 0 radical (unpaired) electrons. The Morgan fingerprint density at radius 3 is 2.62 bits per heavy atom. The van der Waals surface area contributed by atoms with E-state index in [1.165, 1.54) is 0 Å². The lowest BCUT2D eigenvalue weighted by molar-refractivity contribution is -0.117. The first-order valence-corrected chi connectivity index (χ1v) is 4.16. The van der Waals surface area contributed by atoms with E-state index in [9.17, 15) is 4.79 Å². The van der Waals surface area contributed by atoms with Gasteiger partial charge in [-0.2, -0.15) is 0 Å². The van der Waals surface area contributed by atoms with Crippen LogP contribution in [0.4, 0.5) is 0 Å². The van der Waals surface area contributed by atoms with Gasteiger partial charge in [-0.25, -0.2) is 4.72 Å². The molecule has 48 valence electrons. The number of carbonyl (C=O) groups excluding carboxylic acids is 1. The monoisotopic (exact) mass is 136 g/mol. The lowest BCUT2D eigenvalue weighted by Gasteiger charge is -2.21. The zero-order valence-corrected chi connectivity index (χ0v) is 5.29. The lowest BCUT2D eigenvalue weighted by Crippen LogP contribution is -2.19. The van der Waals surface area contributed by atoms with Crippen molar-refractivity contribution in [3.05, 3.63) is 0 Å². The zero-order chi connectivity index (χ0) is 6.20. The molecule has 1 atom stereocenters. The van der Waals surface area contributed by atoms with Crippen LogP contribution in [0.1, 0.15) is 0 Å². The van der Waals surface area contributed by atoms with Crippen molar-refractivity contribution in [2.45, 2.75) is 0 Å². The topological polar surface area (TPSA) is 61.4 Å². The van der Waals surface area contributed by atoms with Crippen LogP contribution in [0.2, 0.25) is 0 Å². The Morgan fingerprint density at radius 1 is 1.88 bits per heavy atom. The summed E-state index contributed by atoms with van der Waals surface area (Å²) in [5.41, 5.74) is 0. The van der Waals surface area contributed by atoms with Crippen molar-refractivity contribution in [3.63, 3.8) is 0 Å². The molecule has 8 heavy (non-hydrogen) atoms. The molecule has 0 aromatic heterocycles. The van der Waals surface area contributed by atoms with E-state index in [1.54, 1.807) is 6.26 Å². The minimum atomic E-state index is -1.95. The van der Waals surface area contributed by atoms with Crippen LogP contribution < -0.4 is 9.44 Å². The minimum absolute atomic E-state index is 0.134. The third-order valence-corrected chi connectivity index (χ3v) is 2.16. The first-order chi connectivity index (χ1) is 3.60. The maximum Gasteiger partial charge on any atom is 0.245 e. The summed E-state index contributed by atoms with van der Waals surface area (Å²) in [5, 5.41) is 0. The molecule has 1 saturated heterocycles. The fourth-order valence-electron chi connectivity index (χ4n) is 0.500. The first kappa shape index (κ1) is 5.87. The third-order valence-electron chi connectivity index (χ3n) is 0.826. The molecule has 3 N–H and O–H groups in total. The van der Waals surface area contributed by atoms with E-state index in [0.29, 0.717) is 0 Å². The van der Waals surface area contributed by atoms with Crippen LogP contribution in [0.3, 0.4) is 0 Å². The number of nitrogens with one attached hydrogen (secondary N) is 2. The Balaban J connectivity index is 2.56. The molecule has 0 aromatic rings. The highest BCUT2D eigenvalue weighted by Gasteiger charge is 2.23. The Morgan fingerprint density at radius 2 is 2.50 bits per heavy atom. The molecule has 1 heterocycles. The van der Waals surface area contributed by atoms with Crippen molar-refractivity contribution in [1.82, 2.24) is 9.44 Å². The molecule has 0 aliphatic carbocycles. The molecule has 0 bridgehead atoms. The van der Waals surface area contributed by atoms with Gasteiger partial charge in [-0.1, -0.05) is 0 Å². The average Bonchev–Trinajstić information content (AvgIpc) is 1.82. The van der Waals surface area contributed by atoms with Crippen LogP contribution in [-0.4, -0.2) is 23.3 Å². The summed E-state index contributed by atoms with van der Waals surface area (Å²) in [6.45, 7) is 0.238. The minimum Gasteiger partial charge on any atom is -0.321 e. The number of carbonyl (C=O) groups is 1. The highest BCUT2D eigenvalue weighted by molar-refractivity contribution is 8.26. The van der Waals surface area contributed by atoms with Gasteiger partial charge in [0.2, 0.25) is 5.91 Å². The van der Waals surface area contributed by atoms with Crippen molar-refractivity contribution in [3.8, 4) is 0 Å². The Labute approximate surface area is 49.1 Å². The van der Waals surface area contributed by atoms with Gasteiger partial charge in [-0.3, -0.25) is 9.52 Å². The largest absolute Gasteiger partial charge is 0.321 e. The standard InChI is InChI=1S/C3H8N2O2S/c1-8(7)4-2-3(6)5-8/h4,7H,2H2,1H3,(H,5,6). The van der Waals surface area contributed by atoms with E-state index in [4.69, 9.17) is 4.55 Å². The summed E-state index contributed by atoms with van der Waals surface area (Å²) >= 11 is 0. The van der Waals surface area contributed by atoms with E-state index in [2.05, 4.69) is 9.44 Å². The van der Waals surface area contributed by atoms with Gasteiger partial charge in [0.25, 0.3) is 0 Å². The second kappa shape index (κ2) is 1.61. The third kappa shape index (κ3) is 1.12. The summed E-state index contributed by atoms with van der Waals surface area (Å²) in [6, 6.07) is 0. The fraction of sp³-hybridized carbons (Fsp3) is 0.667. The predicted octanol–water partition coefficient (Wildman–Crippen LogP) is -0.557. The molecule has 0 spiro atoms. The average molecular weight is 136 g/mol. The number of amides is 1. The van der Waals surface area contributed by atoms with Gasteiger partial charge in [-0.05, 0) is 10.7 Å². The van der Waals surface area contributed by atoms with E-state index in [0.717, 1.165) is 0 Å². The highest BCUT2D eigenvalue weighted by Crippen LogP contribution is 2.30. The SMILES string of the molecule is CS1(O)NCC(=O)N1. The molecule has 1 amide bonds. The van der Waals surface area contributed by atoms with Crippen LogP contribution in [0, 0.1) is 0 Å². The Kier molecular flexibility index (Phi) is 1.18. The summed E-state index contributed by atoms with van der Waals surface area (Å²) in [5.74, 6) is -0.134. The quantitative estimate of drug-likeness (QED) is 0.418. The maximum absolute atomic E-state index is 10.3. The Bertz CT molecular complexity index is 124. The molecule has 0 saturated carbocycles. The van der Waals surface area contributed by atoms with Gasteiger partial charge in [0.1, 0.15) is 0 Å². The summed E-state index contributed by atoms with van der Waals surface area (Å²) in [4.78, 5) is 10.3. The number of hydrogen-bond donors (Lipinski definition) is 3. The van der Waals surface area contributed by atoms with E-state index >= 15 is 0 Å². The van der Waals surface area contributed by atoms with Gasteiger partial charge in [0.15, 0.2) is 0 Å². The molecule has 1 aliphatic rings. The molecule has 1 aliphatic heterocycles. The van der Waals surface area contributed by atoms with Gasteiger partial charge in [0.05, 0.1) is 6.54 Å². The van der Waals surface area contributed by atoms with Crippen LogP contribution >= 0.6 is 10.7 Å². The maximum atomic E-state index is 10.3. The lowest BCUT2D eigenvalue weighted by atomic mass is 10.7. The summed E-state index contributed by atoms with van der Waals surface area (Å²) < 4.78 is 14.0. The van der Waals surface area contributed by atoms with Crippen molar-refractivity contribution in [2.24, 2.45) is 0 Å². The van der Waals surface area contributed by atoms with Crippen molar-refractivity contribution in [2.75, 3.05) is 12.8 Å². The normalized spacial score (nSPS) is 45.5. The fourth-order valence-corrected chi connectivity index (χ4v) is 1.50. The van der Waals surface area contributed by atoms with Crippen LogP contribution in [0.25, 0.3) is 0 Å². The first-order valence-electron chi connectivity index (χ1n) is 2.16. The second-order valence-electron chi connectivity index (χ2n) is 1.72. The zero-order valence-electron chi connectivity index (χ0n) is 4.47. The van der Waals surface area contributed by atoms with Crippen molar-refractivity contribution < 1.29 is 9.35 Å². The number of hydrogen-bond acceptors (Lipinski definition) is 3. The smallest absolute Gasteiger partial charge is 0.245 e. The van der Waals surface area contributed by atoms with Gasteiger partial charge in [0, 0.05) is 6.26 Å². The van der Waals surface area contributed by atoms with Crippen LogP contribution in [0.5, 0.6) is 0 Å². The second-order valence-corrected chi connectivity index (χ2v) is 3.97. The van der Waals surface area contributed by atoms with E-state index in [1.807, 2.05) is 0 Å². The summed E-state index contributed by atoms with van der Waals surface area (Å²) in [6.07, 6.45) is 1.57. The molecule has 1 fully saturated rings. The van der Waals surface area contributed by atoms with E-state index < -0.39 is 10.7 Å². The Hall–Kier alpha value is -0.260. The molecule has 5 heteroatoms. The van der Waals surface area contributed by atoms with E-state index in [-0.39, 0.29) is 12.5 Å². The van der Waals surface area contributed by atoms with Crippen LogP contribution in [0.15, 0.2) is 0 Å². The number of rotatable bonds is 0. The van der Waals surface area contributed by atoms with Crippen LogP contribution in [-0.2, 0) is 4.79 Å². The molecule has 0 aromatic carbocycles. The molecule has 1 unspecified atom stereocenters. The van der Waals surface area contributed by atoms with Gasteiger partial charge in [-0.15, -0.1) is 0 Å². The molecular weight excluding hydrogens is 128 g/mol. The predicted molar refractivity (Wildman–Crippen MR) is 32.3 cm³/mol.